The standard InChI is InChI=1S/C17H22N2O3/c1-3-21-11-14-10-13(4-5-16(14)20-2)17-18-7-8-19(17)15-6-9-22-12-15/h4-5,7-8,10,15H,3,6,9,11-12H2,1-2H3. The van der Waals surface area contributed by atoms with Gasteiger partial charge in [-0.1, -0.05) is 0 Å². The fourth-order valence-electron chi connectivity index (χ4n) is 2.82. The topological polar surface area (TPSA) is 45.5 Å². The van der Waals surface area contributed by atoms with E-state index in [0.717, 1.165) is 42.3 Å². The highest BCUT2D eigenvalue weighted by molar-refractivity contribution is 5.59. The molecule has 0 aliphatic carbocycles. The smallest absolute Gasteiger partial charge is 0.140 e. The third-order valence-electron chi connectivity index (χ3n) is 3.97. The zero-order valence-corrected chi connectivity index (χ0v) is 13.1. The molecule has 0 radical (unpaired) electrons. The van der Waals surface area contributed by atoms with Gasteiger partial charge in [-0.15, -0.1) is 0 Å². The van der Waals surface area contributed by atoms with Gasteiger partial charge in [0.05, 0.1) is 26.4 Å². The van der Waals surface area contributed by atoms with Crippen molar-refractivity contribution in [2.45, 2.75) is 26.0 Å². The van der Waals surface area contributed by atoms with Crippen LogP contribution in [0.3, 0.4) is 0 Å². The van der Waals surface area contributed by atoms with Gasteiger partial charge < -0.3 is 18.8 Å². The van der Waals surface area contributed by atoms with Crippen LogP contribution in [0, 0.1) is 0 Å². The molecule has 22 heavy (non-hydrogen) atoms. The predicted octanol–water partition coefficient (Wildman–Crippen LogP) is 3.06. The molecule has 1 aliphatic rings. The second kappa shape index (κ2) is 6.94. The molecule has 0 spiro atoms. The van der Waals surface area contributed by atoms with Crippen molar-refractivity contribution in [2.24, 2.45) is 0 Å². The Morgan fingerprint density at radius 3 is 3.05 bits per heavy atom. The summed E-state index contributed by atoms with van der Waals surface area (Å²) in [4.78, 5) is 4.53. The van der Waals surface area contributed by atoms with Gasteiger partial charge >= 0.3 is 0 Å². The Morgan fingerprint density at radius 1 is 1.41 bits per heavy atom. The van der Waals surface area contributed by atoms with Crippen molar-refractivity contribution in [3.8, 4) is 17.1 Å². The Hall–Kier alpha value is -1.85. The summed E-state index contributed by atoms with van der Waals surface area (Å²) in [5.41, 5.74) is 2.12. The van der Waals surface area contributed by atoms with E-state index in [0.29, 0.717) is 19.3 Å². The van der Waals surface area contributed by atoms with Crippen molar-refractivity contribution >= 4 is 0 Å². The van der Waals surface area contributed by atoms with Crippen LogP contribution in [0.15, 0.2) is 30.6 Å². The third-order valence-corrected chi connectivity index (χ3v) is 3.97. The van der Waals surface area contributed by atoms with Gasteiger partial charge in [0, 0.05) is 36.7 Å². The summed E-state index contributed by atoms with van der Waals surface area (Å²) < 4.78 is 18.7. The highest BCUT2D eigenvalue weighted by Gasteiger charge is 2.21. The monoisotopic (exact) mass is 302 g/mol. The molecule has 1 saturated heterocycles. The molecular formula is C17H22N2O3. The van der Waals surface area contributed by atoms with Crippen molar-refractivity contribution in [1.29, 1.82) is 0 Å². The van der Waals surface area contributed by atoms with Crippen molar-refractivity contribution in [1.82, 2.24) is 9.55 Å². The van der Waals surface area contributed by atoms with Crippen molar-refractivity contribution < 1.29 is 14.2 Å². The highest BCUT2D eigenvalue weighted by atomic mass is 16.5. The lowest BCUT2D eigenvalue weighted by Crippen LogP contribution is -2.09. The molecule has 1 aliphatic heterocycles. The summed E-state index contributed by atoms with van der Waals surface area (Å²) in [6.07, 6.45) is 4.91. The molecule has 1 aromatic carbocycles. The summed E-state index contributed by atoms with van der Waals surface area (Å²) in [6.45, 7) is 4.79. The van der Waals surface area contributed by atoms with Crippen LogP contribution in [0.25, 0.3) is 11.4 Å². The van der Waals surface area contributed by atoms with Crippen LogP contribution in [-0.4, -0.2) is 36.5 Å². The first-order valence-corrected chi connectivity index (χ1v) is 7.69. The summed E-state index contributed by atoms with van der Waals surface area (Å²) >= 11 is 0. The van der Waals surface area contributed by atoms with E-state index in [-0.39, 0.29) is 0 Å². The zero-order chi connectivity index (χ0) is 15.4. The maximum Gasteiger partial charge on any atom is 0.140 e. The maximum atomic E-state index is 5.54. The minimum Gasteiger partial charge on any atom is -0.496 e. The second-order valence-corrected chi connectivity index (χ2v) is 5.34. The van der Waals surface area contributed by atoms with Crippen LogP contribution in [0.4, 0.5) is 0 Å². The number of methoxy groups -OCH3 is 1. The average Bonchev–Trinajstić information content (AvgIpc) is 3.22. The molecular weight excluding hydrogens is 280 g/mol. The number of hydrogen-bond acceptors (Lipinski definition) is 4. The van der Waals surface area contributed by atoms with Crippen LogP contribution in [0.1, 0.15) is 24.9 Å². The third kappa shape index (κ3) is 3.00. The van der Waals surface area contributed by atoms with Gasteiger partial charge in [0.25, 0.3) is 0 Å². The molecule has 0 N–H and O–H groups in total. The molecule has 1 atom stereocenters. The lowest BCUT2D eigenvalue weighted by Gasteiger charge is -2.15. The molecule has 118 valence electrons. The van der Waals surface area contributed by atoms with Crippen LogP contribution >= 0.6 is 0 Å². The fourth-order valence-corrected chi connectivity index (χ4v) is 2.82. The molecule has 5 nitrogen and oxygen atoms in total. The van der Waals surface area contributed by atoms with Gasteiger partial charge in [-0.25, -0.2) is 4.98 Å². The number of rotatable bonds is 6. The van der Waals surface area contributed by atoms with Gasteiger partial charge in [0.1, 0.15) is 11.6 Å². The van der Waals surface area contributed by atoms with Gasteiger partial charge in [-0.2, -0.15) is 0 Å². The van der Waals surface area contributed by atoms with E-state index in [4.69, 9.17) is 14.2 Å². The summed E-state index contributed by atoms with van der Waals surface area (Å²) in [7, 11) is 1.68. The molecule has 2 aromatic rings. The van der Waals surface area contributed by atoms with E-state index >= 15 is 0 Å². The number of ether oxygens (including phenoxy) is 3. The molecule has 1 fully saturated rings. The molecule has 1 aromatic heterocycles. The average molecular weight is 302 g/mol. The largest absolute Gasteiger partial charge is 0.496 e. The Bertz CT molecular complexity index is 618. The molecule has 3 rings (SSSR count). The lowest BCUT2D eigenvalue weighted by atomic mass is 10.1. The van der Waals surface area contributed by atoms with Crippen LogP contribution in [0.5, 0.6) is 5.75 Å². The predicted molar refractivity (Wildman–Crippen MR) is 84.0 cm³/mol. The summed E-state index contributed by atoms with van der Waals surface area (Å²) in [5.74, 6) is 1.82. The Morgan fingerprint density at radius 2 is 2.32 bits per heavy atom. The second-order valence-electron chi connectivity index (χ2n) is 5.34. The van der Waals surface area contributed by atoms with Crippen molar-refractivity contribution in [3.63, 3.8) is 0 Å². The number of hydrogen-bond donors (Lipinski definition) is 0. The molecule has 0 saturated carbocycles. The zero-order valence-electron chi connectivity index (χ0n) is 13.1. The van der Waals surface area contributed by atoms with E-state index in [2.05, 4.69) is 15.6 Å². The van der Waals surface area contributed by atoms with Crippen LogP contribution in [0.2, 0.25) is 0 Å². The minimum absolute atomic E-state index is 0.370. The normalized spacial score (nSPS) is 17.8. The van der Waals surface area contributed by atoms with Gasteiger partial charge in [-0.05, 0) is 31.5 Å². The summed E-state index contributed by atoms with van der Waals surface area (Å²) in [6, 6.07) is 6.50. The molecule has 0 bridgehead atoms. The first-order valence-electron chi connectivity index (χ1n) is 7.69. The minimum atomic E-state index is 0.370. The first kappa shape index (κ1) is 15.1. The highest BCUT2D eigenvalue weighted by Crippen LogP contribution is 2.29. The van der Waals surface area contributed by atoms with Crippen molar-refractivity contribution in [3.05, 3.63) is 36.2 Å². The number of aromatic nitrogens is 2. The Balaban J connectivity index is 1.93. The molecule has 5 heteroatoms. The van der Waals surface area contributed by atoms with E-state index in [1.807, 2.05) is 31.5 Å². The van der Waals surface area contributed by atoms with Gasteiger partial charge in [0.15, 0.2) is 0 Å². The van der Waals surface area contributed by atoms with E-state index < -0.39 is 0 Å². The van der Waals surface area contributed by atoms with Crippen LogP contribution in [-0.2, 0) is 16.1 Å². The molecule has 1 unspecified atom stereocenters. The van der Waals surface area contributed by atoms with Gasteiger partial charge in [-0.3, -0.25) is 0 Å². The van der Waals surface area contributed by atoms with Gasteiger partial charge in [0.2, 0.25) is 0 Å². The van der Waals surface area contributed by atoms with E-state index in [9.17, 15) is 0 Å². The SMILES string of the molecule is CCOCc1cc(-c2nccn2C2CCOC2)ccc1OC. The molecule has 2 heterocycles. The number of imidazole rings is 1. The quantitative estimate of drug-likeness (QED) is 0.822. The number of benzene rings is 1. The fraction of sp³-hybridized carbons (Fsp3) is 0.471. The maximum absolute atomic E-state index is 5.54. The number of nitrogens with zero attached hydrogens (tertiary/aromatic N) is 2. The first-order chi connectivity index (χ1) is 10.8. The van der Waals surface area contributed by atoms with Crippen LogP contribution < -0.4 is 4.74 Å². The van der Waals surface area contributed by atoms with E-state index in [1.54, 1.807) is 7.11 Å². The lowest BCUT2D eigenvalue weighted by molar-refractivity contribution is 0.132. The summed E-state index contributed by atoms with van der Waals surface area (Å²) in [5, 5.41) is 0. The van der Waals surface area contributed by atoms with E-state index in [1.165, 1.54) is 0 Å². The van der Waals surface area contributed by atoms with Crippen molar-refractivity contribution in [2.75, 3.05) is 26.9 Å². The Labute approximate surface area is 130 Å². The Kier molecular flexibility index (Phi) is 4.75. The molecule has 0 amide bonds.